The van der Waals surface area contributed by atoms with Gasteiger partial charge in [-0.3, -0.25) is 0 Å². The van der Waals surface area contributed by atoms with Crippen LogP contribution in [0.15, 0.2) is 24.3 Å². The van der Waals surface area contributed by atoms with Gasteiger partial charge >= 0.3 is 6.18 Å². The van der Waals surface area contributed by atoms with Gasteiger partial charge in [0.15, 0.2) is 5.82 Å². The lowest BCUT2D eigenvalue weighted by Gasteiger charge is -2.24. The van der Waals surface area contributed by atoms with Gasteiger partial charge in [-0.05, 0) is 32.9 Å². The number of hydrogen-bond acceptors (Lipinski definition) is 2. The van der Waals surface area contributed by atoms with Crippen molar-refractivity contribution in [3.8, 4) is 11.4 Å². The summed E-state index contributed by atoms with van der Waals surface area (Å²) in [5.41, 5.74) is -0.626. The Morgan fingerprint density at radius 1 is 1.14 bits per heavy atom. The van der Waals surface area contributed by atoms with E-state index >= 15 is 0 Å². The van der Waals surface area contributed by atoms with E-state index < -0.39 is 11.7 Å². The molecule has 2 aromatic rings. The predicted molar refractivity (Wildman–Crippen MR) is 78.1 cm³/mol. The zero-order valence-corrected chi connectivity index (χ0v) is 13.5. The summed E-state index contributed by atoms with van der Waals surface area (Å²) in [6.07, 6.45) is -4.37. The second-order valence-electron chi connectivity index (χ2n) is 5.66. The van der Waals surface area contributed by atoms with Crippen LogP contribution in [0, 0.1) is 0 Å². The standard InChI is InChI=1S/C14H15BrF3N3/c1-13(2,3)21-11(8-15)19-20-12(21)9-5-4-6-10(7-9)14(16,17)18/h4-7H,8H2,1-3H3. The summed E-state index contributed by atoms with van der Waals surface area (Å²) in [5.74, 6) is 1.11. The average molecular weight is 362 g/mol. The molecular weight excluding hydrogens is 347 g/mol. The maximum Gasteiger partial charge on any atom is 0.416 e. The van der Waals surface area contributed by atoms with Crippen molar-refractivity contribution in [2.45, 2.75) is 37.8 Å². The Kier molecular flexibility index (Phi) is 4.15. The molecule has 0 bridgehead atoms. The summed E-state index contributed by atoms with van der Waals surface area (Å²) in [6, 6.07) is 5.14. The Morgan fingerprint density at radius 2 is 1.81 bits per heavy atom. The SMILES string of the molecule is CC(C)(C)n1c(CBr)nnc1-c1cccc(C(F)(F)F)c1. The van der Waals surface area contributed by atoms with E-state index in [4.69, 9.17) is 0 Å². The van der Waals surface area contributed by atoms with Gasteiger partial charge in [0.1, 0.15) is 5.82 Å². The zero-order chi connectivity index (χ0) is 15.8. The van der Waals surface area contributed by atoms with Crippen molar-refractivity contribution in [2.24, 2.45) is 0 Å². The molecular formula is C14H15BrF3N3. The number of hydrogen-bond donors (Lipinski definition) is 0. The molecule has 114 valence electrons. The van der Waals surface area contributed by atoms with Gasteiger partial charge in [0.05, 0.1) is 10.9 Å². The molecule has 0 saturated heterocycles. The fourth-order valence-electron chi connectivity index (χ4n) is 2.13. The Hall–Kier alpha value is -1.37. The molecule has 0 aliphatic heterocycles. The van der Waals surface area contributed by atoms with E-state index in [1.807, 2.05) is 25.3 Å². The van der Waals surface area contributed by atoms with Crippen LogP contribution < -0.4 is 0 Å². The predicted octanol–water partition coefficient (Wildman–Crippen LogP) is 4.61. The van der Waals surface area contributed by atoms with Crippen LogP contribution in [0.4, 0.5) is 13.2 Å². The molecule has 0 spiro atoms. The highest BCUT2D eigenvalue weighted by Crippen LogP contribution is 2.33. The number of rotatable bonds is 2. The highest BCUT2D eigenvalue weighted by Gasteiger charge is 2.31. The fraction of sp³-hybridized carbons (Fsp3) is 0.429. The lowest BCUT2D eigenvalue weighted by molar-refractivity contribution is -0.137. The molecule has 0 amide bonds. The fourth-order valence-corrected chi connectivity index (χ4v) is 2.49. The number of benzene rings is 1. The maximum absolute atomic E-state index is 12.8. The second-order valence-corrected chi connectivity index (χ2v) is 6.22. The normalized spacial score (nSPS) is 12.7. The minimum atomic E-state index is -4.37. The third-order valence-electron chi connectivity index (χ3n) is 2.97. The summed E-state index contributed by atoms with van der Waals surface area (Å²) in [6.45, 7) is 5.87. The van der Waals surface area contributed by atoms with E-state index in [-0.39, 0.29) is 5.54 Å². The van der Waals surface area contributed by atoms with Crippen LogP contribution in [0.3, 0.4) is 0 Å². The first kappa shape index (κ1) is 16.0. The molecule has 0 atom stereocenters. The molecule has 0 aliphatic rings. The molecule has 0 unspecified atom stereocenters. The van der Waals surface area contributed by atoms with Gasteiger partial charge in [0, 0.05) is 11.1 Å². The van der Waals surface area contributed by atoms with Crippen molar-refractivity contribution >= 4 is 15.9 Å². The van der Waals surface area contributed by atoms with Gasteiger partial charge in [-0.15, -0.1) is 10.2 Å². The summed E-state index contributed by atoms with van der Waals surface area (Å²) in [4.78, 5) is 0. The first-order valence-corrected chi connectivity index (χ1v) is 7.45. The quantitative estimate of drug-likeness (QED) is 0.731. The molecule has 2 rings (SSSR count). The first-order chi connectivity index (χ1) is 9.64. The number of alkyl halides is 4. The molecule has 0 radical (unpaired) electrons. The Bertz CT molecular complexity index is 642. The van der Waals surface area contributed by atoms with Crippen LogP contribution in [0.1, 0.15) is 32.2 Å². The monoisotopic (exact) mass is 361 g/mol. The summed E-state index contributed by atoms with van der Waals surface area (Å²) in [7, 11) is 0. The maximum atomic E-state index is 12.8. The van der Waals surface area contributed by atoms with Crippen LogP contribution in [-0.2, 0) is 17.0 Å². The zero-order valence-electron chi connectivity index (χ0n) is 11.9. The van der Waals surface area contributed by atoms with E-state index in [1.165, 1.54) is 6.07 Å². The van der Waals surface area contributed by atoms with E-state index in [2.05, 4.69) is 26.1 Å². The molecule has 7 heteroatoms. The number of halogens is 4. The molecule has 1 heterocycles. The third-order valence-corrected chi connectivity index (χ3v) is 3.47. The molecule has 21 heavy (non-hydrogen) atoms. The minimum Gasteiger partial charge on any atom is -0.305 e. The molecule has 0 N–H and O–H groups in total. The van der Waals surface area contributed by atoms with Crippen LogP contribution in [0.25, 0.3) is 11.4 Å². The minimum absolute atomic E-state index is 0.337. The summed E-state index contributed by atoms with van der Waals surface area (Å²) in [5, 5.41) is 8.60. The number of aromatic nitrogens is 3. The third kappa shape index (κ3) is 3.28. The van der Waals surface area contributed by atoms with E-state index in [1.54, 1.807) is 6.07 Å². The van der Waals surface area contributed by atoms with Crippen molar-refractivity contribution in [3.63, 3.8) is 0 Å². The van der Waals surface area contributed by atoms with Crippen LogP contribution in [-0.4, -0.2) is 14.8 Å². The molecule has 3 nitrogen and oxygen atoms in total. The smallest absolute Gasteiger partial charge is 0.305 e. The topological polar surface area (TPSA) is 30.7 Å². The number of nitrogens with zero attached hydrogens (tertiary/aromatic N) is 3. The van der Waals surface area contributed by atoms with Gasteiger partial charge in [-0.2, -0.15) is 13.2 Å². The summed E-state index contributed by atoms with van der Waals surface area (Å²) < 4.78 is 40.4. The average Bonchev–Trinajstić information content (AvgIpc) is 2.81. The molecule has 0 fully saturated rings. The van der Waals surface area contributed by atoms with Crippen LogP contribution in [0.5, 0.6) is 0 Å². The Labute approximate surface area is 129 Å². The van der Waals surface area contributed by atoms with Crippen LogP contribution >= 0.6 is 15.9 Å². The molecule has 0 saturated carbocycles. The summed E-state index contributed by atoms with van der Waals surface area (Å²) >= 11 is 3.33. The lowest BCUT2D eigenvalue weighted by atomic mass is 10.1. The Morgan fingerprint density at radius 3 is 2.33 bits per heavy atom. The van der Waals surface area contributed by atoms with Gasteiger partial charge in [-0.1, -0.05) is 28.1 Å². The van der Waals surface area contributed by atoms with Gasteiger partial charge in [-0.25, -0.2) is 0 Å². The van der Waals surface area contributed by atoms with Gasteiger partial charge in [0.2, 0.25) is 0 Å². The second kappa shape index (κ2) is 5.44. The largest absolute Gasteiger partial charge is 0.416 e. The van der Waals surface area contributed by atoms with Crippen molar-refractivity contribution in [2.75, 3.05) is 0 Å². The molecule has 0 aliphatic carbocycles. The van der Waals surface area contributed by atoms with Crippen molar-refractivity contribution in [1.82, 2.24) is 14.8 Å². The van der Waals surface area contributed by atoms with E-state index in [0.717, 1.165) is 12.1 Å². The van der Waals surface area contributed by atoms with Crippen molar-refractivity contribution in [1.29, 1.82) is 0 Å². The van der Waals surface area contributed by atoms with E-state index in [9.17, 15) is 13.2 Å². The highest BCUT2D eigenvalue weighted by atomic mass is 79.9. The van der Waals surface area contributed by atoms with Crippen LogP contribution in [0.2, 0.25) is 0 Å². The van der Waals surface area contributed by atoms with Gasteiger partial charge in [0.25, 0.3) is 0 Å². The Balaban J connectivity index is 2.61. The molecule has 1 aromatic heterocycles. The van der Waals surface area contributed by atoms with E-state index in [0.29, 0.717) is 22.5 Å². The highest BCUT2D eigenvalue weighted by molar-refractivity contribution is 9.08. The van der Waals surface area contributed by atoms with Gasteiger partial charge < -0.3 is 4.57 Å². The first-order valence-electron chi connectivity index (χ1n) is 6.33. The lowest BCUT2D eigenvalue weighted by Crippen LogP contribution is -2.24. The van der Waals surface area contributed by atoms with Crippen molar-refractivity contribution < 1.29 is 13.2 Å². The molecule has 1 aromatic carbocycles. The van der Waals surface area contributed by atoms with Crippen molar-refractivity contribution in [3.05, 3.63) is 35.7 Å².